The molecule has 0 saturated carbocycles. The van der Waals surface area contributed by atoms with Gasteiger partial charge in [-0.1, -0.05) is 42.9 Å². The lowest BCUT2D eigenvalue weighted by molar-refractivity contribution is -0.132. The topological polar surface area (TPSA) is 89.0 Å². The van der Waals surface area contributed by atoms with Crippen LogP contribution < -0.4 is 14.4 Å². The van der Waals surface area contributed by atoms with E-state index in [0.29, 0.717) is 57.0 Å². The van der Waals surface area contributed by atoms with E-state index in [2.05, 4.69) is 18.8 Å². The first-order valence-corrected chi connectivity index (χ1v) is 14.4. The summed E-state index contributed by atoms with van der Waals surface area (Å²) in [6.07, 6.45) is 0.854. The number of amides is 1. The highest BCUT2D eigenvalue weighted by Crippen LogP contribution is 2.46. The van der Waals surface area contributed by atoms with Gasteiger partial charge < -0.3 is 14.6 Å². The second kappa shape index (κ2) is 11.9. The molecule has 4 aromatic rings. The number of fused-ring (bicyclic) bond motifs is 1. The van der Waals surface area contributed by atoms with Crippen LogP contribution in [-0.4, -0.2) is 35.0 Å². The number of aliphatic hydroxyl groups is 1. The Balaban J connectivity index is 1.67. The Labute approximate surface area is 245 Å². The fourth-order valence-corrected chi connectivity index (χ4v) is 5.73. The van der Waals surface area contributed by atoms with E-state index in [-0.39, 0.29) is 16.5 Å². The number of thiazole rings is 1. The molecule has 1 N–H and O–H groups in total. The number of carbonyl (C=O) groups excluding carboxylic acids is 2. The Hall–Kier alpha value is -3.95. The molecule has 10 heteroatoms. The lowest BCUT2D eigenvalue weighted by Gasteiger charge is -2.24. The third kappa shape index (κ3) is 5.78. The van der Waals surface area contributed by atoms with Crippen LogP contribution in [-0.2, 0) is 9.59 Å². The molecule has 7 nitrogen and oxygen atoms in total. The first-order valence-electron chi connectivity index (χ1n) is 13.2. The molecule has 2 heterocycles. The zero-order valence-electron chi connectivity index (χ0n) is 22.7. The van der Waals surface area contributed by atoms with Crippen LogP contribution in [0.1, 0.15) is 44.4 Å². The van der Waals surface area contributed by atoms with E-state index < -0.39 is 23.5 Å². The van der Waals surface area contributed by atoms with Crippen LogP contribution in [0.3, 0.4) is 0 Å². The summed E-state index contributed by atoms with van der Waals surface area (Å²) in [6, 6.07) is 14.6. The Kier molecular flexibility index (Phi) is 8.28. The minimum absolute atomic E-state index is 0.112. The van der Waals surface area contributed by atoms with Crippen LogP contribution in [0.5, 0.6) is 11.5 Å². The van der Waals surface area contributed by atoms with Gasteiger partial charge in [-0.3, -0.25) is 14.5 Å². The number of benzene rings is 3. The van der Waals surface area contributed by atoms with E-state index in [1.54, 1.807) is 42.5 Å². The van der Waals surface area contributed by atoms with Gasteiger partial charge in [-0.25, -0.2) is 9.37 Å². The number of aliphatic hydroxyl groups excluding tert-OH is 1. The van der Waals surface area contributed by atoms with Gasteiger partial charge in [0.25, 0.3) is 5.78 Å². The molecule has 0 radical (unpaired) electrons. The van der Waals surface area contributed by atoms with Crippen molar-refractivity contribution in [3.8, 4) is 11.5 Å². The number of hydrogen-bond acceptors (Lipinski definition) is 7. The molecule has 1 aliphatic heterocycles. The van der Waals surface area contributed by atoms with Gasteiger partial charge in [-0.05, 0) is 79.4 Å². The molecule has 1 atom stereocenters. The third-order valence-electron chi connectivity index (χ3n) is 6.64. The zero-order valence-corrected chi connectivity index (χ0v) is 24.3. The predicted molar refractivity (Wildman–Crippen MR) is 158 cm³/mol. The lowest BCUT2D eigenvalue weighted by atomic mass is 9.95. The molecule has 1 aromatic heterocycles. The number of Topliss-reactive ketones (excluding diaryl/α,β-unsaturated/α-hetero) is 1. The molecule has 1 aliphatic rings. The molecule has 0 aliphatic carbocycles. The predicted octanol–water partition coefficient (Wildman–Crippen LogP) is 7.54. The van der Waals surface area contributed by atoms with Crippen molar-refractivity contribution in [2.45, 2.75) is 33.2 Å². The van der Waals surface area contributed by atoms with E-state index >= 15 is 0 Å². The van der Waals surface area contributed by atoms with E-state index in [1.165, 1.54) is 23.1 Å². The Morgan fingerprint density at radius 1 is 1.07 bits per heavy atom. The van der Waals surface area contributed by atoms with Crippen LogP contribution in [0.25, 0.3) is 16.0 Å². The van der Waals surface area contributed by atoms with Gasteiger partial charge in [0, 0.05) is 10.6 Å². The summed E-state index contributed by atoms with van der Waals surface area (Å²) in [5.74, 6) is -1.10. The SMILES string of the molecule is CCOc1cc(C2C(=C(O)c3ccc(Cl)cc3)C(=O)C(=O)N2c2nc3ccc(F)cc3s2)ccc1OCCC(C)C. The largest absolute Gasteiger partial charge is 0.507 e. The molecular weight excluding hydrogens is 567 g/mol. The van der Waals surface area contributed by atoms with Crippen molar-refractivity contribution in [2.24, 2.45) is 5.92 Å². The number of nitrogens with zero attached hydrogens (tertiary/aromatic N) is 2. The summed E-state index contributed by atoms with van der Waals surface area (Å²) < 4.78 is 26.3. The Bertz CT molecular complexity index is 1650. The van der Waals surface area contributed by atoms with E-state index in [9.17, 15) is 19.1 Å². The second-order valence-electron chi connectivity index (χ2n) is 9.95. The number of rotatable bonds is 9. The van der Waals surface area contributed by atoms with Crippen molar-refractivity contribution in [3.63, 3.8) is 0 Å². The normalized spacial score (nSPS) is 16.6. The Morgan fingerprint density at radius 2 is 1.83 bits per heavy atom. The molecule has 1 unspecified atom stereocenters. The van der Waals surface area contributed by atoms with Crippen molar-refractivity contribution < 1.29 is 28.6 Å². The summed E-state index contributed by atoms with van der Waals surface area (Å²) >= 11 is 7.11. The maximum Gasteiger partial charge on any atom is 0.301 e. The van der Waals surface area contributed by atoms with Crippen LogP contribution >= 0.6 is 22.9 Å². The summed E-state index contributed by atoms with van der Waals surface area (Å²) in [5, 5.41) is 12.0. The highest BCUT2D eigenvalue weighted by molar-refractivity contribution is 7.22. The van der Waals surface area contributed by atoms with Crippen LogP contribution in [0.2, 0.25) is 5.02 Å². The van der Waals surface area contributed by atoms with Crippen molar-refractivity contribution in [3.05, 3.63) is 88.2 Å². The van der Waals surface area contributed by atoms with Gasteiger partial charge >= 0.3 is 5.91 Å². The van der Waals surface area contributed by atoms with Gasteiger partial charge in [0.15, 0.2) is 16.6 Å². The average molecular weight is 595 g/mol. The van der Waals surface area contributed by atoms with Crippen molar-refractivity contribution in [1.82, 2.24) is 4.98 Å². The minimum Gasteiger partial charge on any atom is -0.507 e. The first kappa shape index (κ1) is 28.6. The average Bonchev–Trinajstić information content (AvgIpc) is 3.47. The number of anilines is 1. The standard InChI is InChI=1S/C31H28ClFN2O5S/c1-4-39-24-15-19(7-12-23(24)40-14-13-17(2)3)27-26(28(36)18-5-8-20(32)9-6-18)29(37)30(38)35(27)31-34-22-11-10-21(33)16-25(22)41-31/h5-12,15-17,27,36H,4,13-14H2,1-3H3. The highest BCUT2D eigenvalue weighted by atomic mass is 35.5. The van der Waals surface area contributed by atoms with Crippen molar-refractivity contribution in [2.75, 3.05) is 18.1 Å². The van der Waals surface area contributed by atoms with E-state index in [1.807, 2.05) is 6.92 Å². The van der Waals surface area contributed by atoms with Gasteiger partial charge in [-0.15, -0.1) is 0 Å². The third-order valence-corrected chi connectivity index (χ3v) is 7.91. The Morgan fingerprint density at radius 3 is 2.54 bits per heavy atom. The minimum atomic E-state index is -1.04. The molecule has 41 heavy (non-hydrogen) atoms. The molecule has 1 fully saturated rings. The number of carbonyl (C=O) groups is 2. The maximum absolute atomic E-state index is 13.9. The van der Waals surface area contributed by atoms with Gasteiger partial charge in [0.2, 0.25) is 0 Å². The molecule has 0 spiro atoms. The molecule has 1 saturated heterocycles. The van der Waals surface area contributed by atoms with Gasteiger partial charge in [0.05, 0.1) is 35.0 Å². The van der Waals surface area contributed by atoms with Gasteiger partial charge in [-0.2, -0.15) is 0 Å². The monoisotopic (exact) mass is 594 g/mol. The molecule has 5 rings (SSSR count). The number of halogens is 2. The first-order chi connectivity index (χ1) is 19.7. The van der Waals surface area contributed by atoms with Gasteiger partial charge in [0.1, 0.15) is 11.6 Å². The summed E-state index contributed by atoms with van der Waals surface area (Å²) in [5.41, 5.74) is 1.19. The number of hydrogen-bond donors (Lipinski definition) is 1. The van der Waals surface area contributed by atoms with Crippen LogP contribution in [0.4, 0.5) is 9.52 Å². The number of ether oxygens (including phenoxy) is 2. The summed E-state index contributed by atoms with van der Waals surface area (Å²) in [7, 11) is 0. The molecular formula is C31H28ClFN2O5S. The fraction of sp³-hybridized carbons (Fsp3) is 0.258. The second-order valence-corrected chi connectivity index (χ2v) is 11.4. The maximum atomic E-state index is 13.9. The fourth-order valence-electron chi connectivity index (χ4n) is 4.58. The van der Waals surface area contributed by atoms with E-state index in [0.717, 1.165) is 17.8 Å². The lowest BCUT2D eigenvalue weighted by Crippen LogP contribution is -2.29. The quantitative estimate of drug-likeness (QED) is 0.122. The van der Waals surface area contributed by atoms with E-state index in [4.69, 9.17) is 21.1 Å². The molecule has 1 amide bonds. The zero-order chi connectivity index (χ0) is 29.3. The number of ketones is 1. The van der Waals surface area contributed by atoms with Crippen molar-refractivity contribution >= 4 is 55.7 Å². The summed E-state index contributed by atoms with van der Waals surface area (Å²) in [4.78, 5) is 32.9. The van der Waals surface area contributed by atoms with Crippen LogP contribution in [0.15, 0.2) is 66.2 Å². The molecule has 3 aromatic carbocycles. The van der Waals surface area contributed by atoms with Crippen molar-refractivity contribution in [1.29, 1.82) is 0 Å². The smallest absolute Gasteiger partial charge is 0.301 e. The molecule has 0 bridgehead atoms. The van der Waals surface area contributed by atoms with Crippen LogP contribution in [0, 0.1) is 11.7 Å². The summed E-state index contributed by atoms with van der Waals surface area (Å²) in [6.45, 7) is 6.91. The number of aromatic nitrogens is 1. The highest BCUT2D eigenvalue weighted by Gasteiger charge is 2.48. The molecule has 212 valence electrons.